The number of anilines is 3. The van der Waals surface area contributed by atoms with E-state index in [0.717, 1.165) is 58.4 Å². The Kier molecular flexibility index (Phi) is 13.3. The van der Waals surface area contributed by atoms with Crippen LogP contribution < -0.4 is 49.0 Å². The third-order valence-electron chi connectivity index (χ3n) is 3.70. The molecule has 0 aliphatic rings. The van der Waals surface area contributed by atoms with E-state index >= 15 is 0 Å². The zero-order valence-electron chi connectivity index (χ0n) is 16.2. The van der Waals surface area contributed by atoms with Crippen LogP contribution in [-0.4, -0.2) is 53.6 Å². The van der Waals surface area contributed by atoms with Gasteiger partial charge in [-0.25, -0.2) is 0 Å². The number of halogens is 1. The molecule has 9 nitrogen and oxygen atoms in total. The van der Waals surface area contributed by atoms with E-state index in [9.17, 15) is 0 Å². The van der Waals surface area contributed by atoms with Crippen LogP contribution in [0.4, 0.5) is 17.8 Å². The predicted molar refractivity (Wildman–Crippen MR) is 104 cm³/mol. The van der Waals surface area contributed by atoms with Crippen LogP contribution in [0.1, 0.15) is 46.5 Å². The van der Waals surface area contributed by atoms with Gasteiger partial charge in [-0.15, -0.1) is 0 Å². The van der Waals surface area contributed by atoms with Gasteiger partial charge in [-0.2, -0.15) is 15.0 Å². The minimum atomic E-state index is 0. The second-order valence-electron chi connectivity index (χ2n) is 5.75. The fraction of sp³-hybridized carbons (Fsp3) is 0.750. The maximum absolute atomic E-state index is 5.37. The largest absolute Gasteiger partial charge is 1.00 e. The SMILES string of the molecule is CCCCNc1nc(NCCCC[NH+]=C(N)N)nc(N(CC)CC)n1.[Br-]. The standard InChI is InChI=1S/C16H33N9.BrH/c1-4-7-10-20-14-22-15(21-12-9-8-11-19-13(17)18)24-16(23-14)25(5-2)6-3;/h4-12H2,1-3H3,(H4,17,18,19)(H2,20,21,22,23,24);1H. The Morgan fingerprint density at radius 1 is 0.923 bits per heavy atom. The first kappa shape index (κ1) is 24.2. The quantitative estimate of drug-likeness (QED) is 0.123. The van der Waals surface area contributed by atoms with E-state index < -0.39 is 0 Å². The summed E-state index contributed by atoms with van der Waals surface area (Å²) in [6, 6.07) is 0. The van der Waals surface area contributed by atoms with Gasteiger partial charge in [0.05, 0.1) is 6.54 Å². The van der Waals surface area contributed by atoms with Gasteiger partial charge in [0, 0.05) is 26.2 Å². The van der Waals surface area contributed by atoms with Crippen molar-refractivity contribution in [2.75, 3.05) is 48.3 Å². The van der Waals surface area contributed by atoms with Gasteiger partial charge in [-0.05, 0) is 33.1 Å². The molecular formula is C16H34BrN9. The van der Waals surface area contributed by atoms with Crippen molar-refractivity contribution in [3.8, 4) is 0 Å². The molecule has 150 valence electrons. The number of nitrogens with zero attached hydrogens (tertiary/aromatic N) is 4. The van der Waals surface area contributed by atoms with Gasteiger partial charge < -0.3 is 32.5 Å². The van der Waals surface area contributed by atoms with Gasteiger partial charge >= 0.3 is 5.96 Å². The second-order valence-corrected chi connectivity index (χ2v) is 5.75. The molecule has 7 N–H and O–H groups in total. The van der Waals surface area contributed by atoms with Crippen LogP contribution in [-0.2, 0) is 0 Å². The summed E-state index contributed by atoms with van der Waals surface area (Å²) >= 11 is 0. The van der Waals surface area contributed by atoms with Crippen LogP contribution in [0.25, 0.3) is 0 Å². The maximum Gasteiger partial charge on any atom is 0.338 e. The molecule has 0 aliphatic carbocycles. The molecule has 0 saturated carbocycles. The van der Waals surface area contributed by atoms with Crippen molar-refractivity contribution in [2.45, 2.75) is 46.5 Å². The zero-order chi connectivity index (χ0) is 18.5. The second kappa shape index (κ2) is 14.3. The van der Waals surface area contributed by atoms with E-state index in [4.69, 9.17) is 11.5 Å². The van der Waals surface area contributed by atoms with Gasteiger partial charge in [0.25, 0.3) is 0 Å². The number of unbranched alkanes of at least 4 members (excludes halogenated alkanes) is 2. The Morgan fingerprint density at radius 2 is 1.50 bits per heavy atom. The first-order valence-corrected chi connectivity index (χ1v) is 9.21. The van der Waals surface area contributed by atoms with E-state index in [1.54, 1.807) is 0 Å². The lowest BCUT2D eigenvalue weighted by molar-refractivity contribution is -0.459. The van der Waals surface area contributed by atoms with E-state index in [1.807, 2.05) is 0 Å². The van der Waals surface area contributed by atoms with Gasteiger partial charge in [0.2, 0.25) is 17.8 Å². The highest BCUT2D eigenvalue weighted by atomic mass is 79.9. The average Bonchev–Trinajstić information content (AvgIpc) is 2.59. The molecule has 0 fully saturated rings. The molecule has 0 unspecified atom stereocenters. The number of nitrogens with one attached hydrogen (secondary N) is 3. The number of hydrogen-bond donors (Lipinski definition) is 5. The summed E-state index contributed by atoms with van der Waals surface area (Å²) in [5, 5.41) is 6.56. The normalized spacial score (nSPS) is 9.96. The molecule has 26 heavy (non-hydrogen) atoms. The third kappa shape index (κ3) is 9.59. The van der Waals surface area contributed by atoms with E-state index in [0.29, 0.717) is 17.8 Å². The molecule has 0 saturated heterocycles. The fourth-order valence-corrected chi connectivity index (χ4v) is 2.23. The third-order valence-corrected chi connectivity index (χ3v) is 3.70. The Labute approximate surface area is 167 Å². The molecule has 0 spiro atoms. The molecule has 1 heterocycles. The maximum atomic E-state index is 5.37. The predicted octanol–water partition coefficient (Wildman–Crippen LogP) is -3.52. The highest BCUT2D eigenvalue weighted by Crippen LogP contribution is 2.13. The molecule has 1 aromatic heterocycles. The molecule has 0 amide bonds. The van der Waals surface area contributed by atoms with Crippen LogP contribution >= 0.6 is 0 Å². The number of nitrogens with two attached hydrogens (primary N) is 2. The Balaban J connectivity index is 0.00000625. The zero-order valence-corrected chi connectivity index (χ0v) is 17.8. The summed E-state index contributed by atoms with van der Waals surface area (Å²) in [5.41, 5.74) is 10.7. The number of guanidine groups is 1. The fourth-order valence-electron chi connectivity index (χ4n) is 2.23. The van der Waals surface area contributed by atoms with Crippen molar-refractivity contribution in [2.24, 2.45) is 11.5 Å². The van der Waals surface area contributed by atoms with Crippen LogP contribution in [0.2, 0.25) is 0 Å². The highest BCUT2D eigenvalue weighted by Gasteiger charge is 2.10. The Hall–Kier alpha value is -1.84. The lowest BCUT2D eigenvalue weighted by Crippen LogP contribution is -3.00. The summed E-state index contributed by atoms with van der Waals surface area (Å²) in [6.07, 6.45) is 4.14. The van der Waals surface area contributed by atoms with Crippen molar-refractivity contribution in [1.29, 1.82) is 0 Å². The summed E-state index contributed by atoms with van der Waals surface area (Å²) < 4.78 is 0. The first-order chi connectivity index (χ1) is 12.1. The van der Waals surface area contributed by atoms with Crippen LogP contribution in [0.3, 0.4) is 0 Å². The van der Waals surface area contributed by atoms with Crippen molar-refractivity contribution < 1.29 is 22.0 Å². The Morgan fingerprint density at radius 3 is 2.00 bits per heavy atom. The molecule has 1 aromatic rings. The van der Waals surface area contributed by atoms with E-state index in [1.165, 1.54) is 0 Å². The van der Waals surface area contributed by atoms with Gasteiger partial charge in [0.1, 0.15) is 0 Å². The van der Waals surface area contributed by atoms with Gasteiger partial charge in [-0.3, -0.25) is 16.5 Å². The molecule has 0 aromatic carbocycles. The summed E-state index contributed by atoms with van der Waals surface area (Å²) in [5.74, 6) is 2.19. The van der Waals surface area contributed by atoms with E-state index in [-0.39, 0.29) is 22.9 Å². The molecule has 0 atom stereocenters. The minimum absolute atomic E-state index is 0. The van der Waals surface area contributed by atoms with Crippen LogP contribution in [0.5, 0.6) is 0 Å². The number of hydrogen-bond acceptors (Lipinski definition) is 6. The lowest BCUT2D eigenvalue weighted by atomic mass is 10.3. The van der Waals surface area contributed by atoms with E-state index in [2.05, 4.69) is 56.2 Å². The first-order valence-electron chi connectivity index (χ1n) is 9.21. The Bertz CT molecular complexity index is 516. The van der Waals surface area contributed by atoms with Crippen molar-refractivity contribution in [3.05, 3.63) is 0 Å². The topological polar surface area (TPSA) is 132 Å². The summed E-state index contributed by atoms with van der Waals surface area (Å²) in [6.45, 7) is 10.5. The van der Waals surface area contributed by atoms with Crippen molar-refractivity contribution in [1.82, 2.24) is 15.0 Å². The van der Waals surface area contributed by atoms with Gasteiger partial charge in [0.15, 0.2) is 0 Å². The smallest absolute Gasteiger partial charge is 0.338 e. The van der Waals surface area contributed by atoms with Crippen molar-refractivity contribution in [3.63, 3.8) is 0 Å². The molecule has 1 rings (SSSR count). The minimum Gasteiger partial charge on any atom is -1.00 e. The number of aromatic nitrogens is 3. The summed E-state index contributed by atoms with van der Waals surface area (Å²) in [7, 11) is 0. The van der Waals surface area contributed by atoms with Crippen LogP contribution in [0.15, 0.2) is 0 Å². The van der Waals surface area contributed by atoms with Crippen LogP contribution in [0, 0.1) is 0 Å². The summed E-state index contributed by atoms with van der Waals surface area (Å²) in [4.78, 5) is 18.6. The highest BCUT2D eigenvalue weighted by molar-refractivity contribution is 5.69. The molecule has 0 bridgehead atoms. The molecule has 0 radical (unpaired) electrons. The average molecular weight is 432 g/mol. The molecule has 10 heteroatoms. The molecular weight excluding hydrogens is 398 g/mol. The van der Waals surface area contributed by atoms with Gasteiger partial charge in [-0.1, -0.05) is 13.3 Å². The van der Waals surface area contributed by atoms with Crippen molar-refractivity contribution >= 4 is 23.8 Å². The lowest BCUT2D eigenvalue weighted by Gasteiger charge is -2.19. The number of rotatable bonds is 13. The molecule has 0 aliphatic heterocycles. The monoisotopic (exact) mass is 431 g/mol.